The summed E-state index contributed by atoms with van der Waals surface area (Å²) in [5.74, 6) is 0.249. The summed E-state index contributed by atoms with van der Waals surface area (Å²) in [6.07, 6.45) is 1.66. The van der Waals surface area contributed by atoms with Crippen LogP contribution < -0.4 is 0 Å². The van der Waals surface area contributed by atoms with E-state index in [9.17, 15) is 4.79 Å². The minimum absolute atomic E-state index is 0.0258. The van der Waals surface area contributed by atoms with Crippen molar-refractivity contribution in [3.05, 3.63) is 0 Å². The highest BCUT2D eigenvalue weighted by atomic mass is 28.3. The molecule has 1 amide bonds. The Labute approximate surface area is 94.5 Å². The number of hydrogen-bond donors (Lipinski definition) is 0. The van der Waals surface area contributed by atoms with Crippen molar-refractivity contribution in [3.8, 4) is 0 Å². The van der Waals surface area contributed by atoms with Gasteiger partial charge < -0.3 is 9.33 Å². The van der Waals surface area contributed by atoms with Crippen LogP contribution in [-0.4, -0.2) is 32.6 Å². The molecule has 1 aliphatic rings. The van der Waals surface area contributed by atoms with Gasteiger partial charge in [0, 0.05) is 13.0 Å². The Bertz CT molecular complexity index is 235. The van der Waals surface area contributed by atoms with Crippen molar-refractivity contribution in [3.63, 3.8) is 0 Å². The van der Waals surface area contributed by atoms with Crippen molar-refractivity contribution in [2.75, 3.05) is 6.54 Å². The van der Waals surface area contributed by atoms with Gasteiger partial charge >= 0.3 is 0 Å². The molecule has 0 N–H and O–H groups in total. The van der Waals surface area contributed by atoms with E-state index in [4.69, 9.17) is 4.43 Å². The molecule has 0 radical (unpaired) electrons. The zero-order valence-electron chi connectivity index (χ0n) is 10.5. The van der Waals surface area contributed by atoms with Gasteiger partial charge in [0.25, 0.3) is 0 Å². The summed E-state index contributed by atoms with van der Waals surface area (Å²) in [4.78, 5) is 13.3. The van der Waals surface area contributed by atoms with Crippen molar-refractivity contribution in [1.82, 2.24) is 4.90 Å². The molecule has 1 unspecified atom stereocenters. The minimum atomic E-state index is -1.08. The molecule has 1 saturated heterocycles. The van der Waals surface area contributed by atoms with Gasteiger partial charge in [-0.05, 0) is 24.9 Å². The van der Waals surface area contributed by atoms with E-state index in [1.54, 1.807) is 0 Å². The summed E-state index contributed by atoms with van der Waals surface area (Å²) >= 11 is 0. The number of β-lactam (4-membered cyclic amide) rings is 1. The molecular weight excluding hydrogens is 206 g/mol. The third-order valence-corrected chi connectivity index (χ3v) is 3.31. The second kappa shape index (κ2) is 4.66. The molecule has 1 rings (SSSR count). The highest BCUT2D eigenvalue weighted by Crippen LogP contribution is 2.27. The average Bonchev–Trinajstić information content (AvgIpc) is 1.96. The molecule has 0 aromatic rings. The molecule has 0 aliphatic carbocycles. The van der Waals surface area contributed by atoms with Crippen molar-refractivity contribution in [2.45, 2.75) is 52.9 Å². The quantitative estimate of drug-likeness (QED) is 0.545. The van der Waals surface area contributed by atoms with Gasteiger partial charge in [-0.3, -0.25) is 4.79 Å². The van der Waals surface area contributed by atoms with Crippen LogP contribution in [0.2, 0.25) is 13.1 Å². The van der Waals surface area contributed by atoms with E-state index in [0.29, 0.717) is 6.42 Å². The predicted octanol–water partition coefficient (Wildman–Crippen LogP) is 1.98. The largest absolute Gasteiger partial charge is 0.401 e. The smallest absolute Gasteiger partial charge is 0.226 e. The van der Waals surface area contributed by atoms with E-state index in [2.05, 4.69) is 33.9 Å². The first kappa shape index (κ1) is 12.7. The third kappa shape index (κ3) is 3.95. The van der Waals surface area contributed by atoms with Gasteiger partial charge in [-0.1, -0.05) is 20.8 Å². The van der Waals surface area contributed by atoms with Crippen LogP contribution >= 0.6 is 0 Å². The highest BCUT2D eigenvalue weighted by molar-refractivity contribution is 6.48. The molecule has 0 spiro atoms. The number of nitrogens with zero attached hydrogens (tertiary/aromatic N) is 1. The van der Waals surface area contributed by atoms with Crippen molar-refractivity contribution >= 4 is 14.9 Å². The number of rotatable bonds is 4. The molecule has 0 saturated carbocycles. The van der Waals surface area contributed by atoms with Crippen LogP contribution in [0.3, 0.4) is 0 Å². The Morgan fingerprint density at radius 1 is 1.47 bits per heavy atom. The van der Waals surface area contributed by atoms with E-state index in [1.807, 2.05) is 4.90 Å². The summed E-state index contributed by atoms with van der Waals surface area (Å²) in [5, 5.41) is 0. The van der Waals surface area contributed by atoms with E-state index in [0.717, 1.165) is 13.0 Å². The Morgan fingerprint density at radius 2 is 2.07 bits per heavy atom. The van der Waals surface area contributed by atoms with Gasteiger partial charge in [0.15, 0.2) is 9.04 Å². The van der Waals surface area contributed by atoms with E-state index >= 15 is 0 Å². The third-order valence-electron chi connectivity index (χ3n) is 2.45. The molecule has 1 aliphatic heterocycles. The molecule has 88 valence electrons. The minimum Gasteiger partial charge on any atom is -0.401 e. The van der Waals surface area contributed by atoms with Crippen LogP contribution in [0.5, 0.6) is 0 Å². The number of carbonyl (C=O) groups is 1. The SMILES string of the molecule is C[SiH](C)OC(CC(C)(C)C)N1CCC1=O. The maximum absolute atomic E-state index is 11.4. The topological polar surface area (TPSA) is 29.5 Å². The first-order valence-corrected chi connectivity index (χ1v) is 8.52. The maximum atomic E-state index is 11.4. The standard InChI is InChI=1S/C11H23NO2Si/c1-11(2,3)8-10(14-15(4)5)12-7-6-9(12)13/h10,15H,6-8H2,1-5H3. The fourth-order valence-corrected chi connectivity index (χ4v) is 2.58. The predicted molar refractivity (Wildman–Crippen MR) is 64.2 cm³/mol. The lowest BCUT2D eigenvalue weighted by Gasteiger charge is -2.41. The molecule has 0 aromatic heterocycles. The summed E-state index contributed by atoms with van der Waals surface area (Å²) in [6, 6.07) is 0. The van der Waals surface area contributed by atoms with Crippen LogP contribution in [0.15, 0.2) is 0 Å². The second-order valence-electron chi connectivity index (χ2n) is 5.74. The van der Waals surface area contributed by atoms with E-state index < -0.39 is 9.04 Å². The van der Waals surface area contributed by atoms with Gasteiger partial charge in [-0.25, -0.2) is 0 Å². The average molecular weight is 229 g/mol. The highest BCUT2D eigenvalue weighted by Gasteiger charge is 2.34. The van der Waals surface area contributed by atoms with Gasteiger partial charge in [-0.15, -0.1) is 0 Å². The van der Waals surface area contributed by atoms with Crippen molar-refractivity contribution in [2.24, 2.45) is 5.41 Å². The number of amides is 1. The Kier molecular flexibility index (Phi) is 3.95. The van der Waals surface area contributed by atoms with Crippen LogP contribution in [0, 0.1) is 5.41 Å². The van der Waals surface area contributed by atoms with Crippen LogP contribution in [0.4, 0.5) is 0 Å². The zero-order valence-corrected chi connectivity index (χ0v) is 11.7. The second-order valence-corrected chi connectivity index (χ2v) is 8.11. The molecule has 1 atom stereocenters. The summed E-state index contributed by atoms with van der Waals surface area (Å²) in [5.41, 5.74) is 0.212. The Hall–Kier alpha value is -0.353. The summed E-state index contributed by atoms with van der Waals surface area (Å²) in [7, 11) is -1.08. The molecule has 3 nitrogen and oxygen atoms in total. The Morgan fingerprint density at radius 3 is 2.33 bits per heavy atom. The van der Waals surface area contributed by atoms with E-state index in [-0.39, 0.29) is 17.6 Å². The first-order valence-electron chi connectivity index (χ1n) is 5.74. The van der Waals surface area contributed by atoms with Gasteiger partial charge in [-0.2, -0.15) is 0 Å². The molecular formula is C11H23NO2Si. The van der Waals surface area contributed by atoms with Gasteiger partial charge in [0.1, 0.15) is 6.23 Å². The lowest BCUT2D eigenvalue weighted by atomic mass is 9.90. The monoisotopic (exact) mass is 229 g/mol. The Balaban J connectivity index is 2.57. The normalized spacial score (nSPS) is 19.3. The molecule has 0 aromatic carbocycles. The summed E-state index contributed by atoms with van der Waals surface area (Å²) in [6.45, 7) is 11.8. The van der Waals surface area contributed by atoms with Gasteiger partial charge in [0.05, 0.1) is 0 Å². The maximum Gasteiger partial charge on any atom is 0.226 e. The number of likely N-dealkylation sites (tertiary alicyclic amines) is 1. The first-order chi connectivity index (χ1) is 6.79. The number of hydrogen-bond acceptors (Lipinski definition) is 2. The number of carbonyl (C=O) groups excluding carboxylic acids is 1. The fourth-order valence-electron chi connectivity index (χ4n) is 1.71. The molecule has 0 bridgehead atoms. The molecule has 1 fully saturated rings. The molecule has 15 heavy (non-hydrogen) atoms. The lowest BCUT2D eigenvalue weighted by Crippen LogP contribution is -2.53. The summed E-state index contributed by atoms with van der Waals surface area (Å²) < 4.78 is 5.94. The zero-order chi connectivity index (χ0) is 11.6. The molecule has 1 heterocycles. The van der Waals surface area contributed by atoms with E-state index in [1.165, 1.54) is 0 Å². The van der Waals surface area contributed by atoms with Crippen LogP contribution in [0.25, 0.3) is 0 Å². The fraction of sp³-hybridized carbons (Fsp3) is 0.909. The van der Waals surface area contributed by atoms with Crippen molar-refractivity contribution < 1.29 is 9.22 Å². The van der Waals surface area contributed by atoms with Gasteiger partial charge in [0.2, 0.25) is 5.91 Å². The molecule has 4 heteroatoms. The van der Waals surface area contributed by atoms with Crippen LogP contribution in [-0.2, 0) is 9.22 Å². The van der Waals surface area contributed by atoms with Crippen molar-refractivity contribution in [1.29, 1.82) is 0 Å². The lowest BCUT2D eigenvalue weighted by molar-refractivity contribution is -0.153. The van der Waals surface area contributed by atoms with Crippen LogP contribution in [0.1, 0.15) is 33.6 Å².